The highest BCUT2D eigenvalue weighted by atomic mass is 15.6. The van der Waals surface area contributed by atoms with Crippen LogP contribution in [-0.2, 0) is 0 Å². The number of para-hydroxylation sites is 1. The van der Waals surface area contributed by atoms with Gasteiger partial charge in [0.05, 0.1) is 5.69 Å². The minimum atomic E-state index is 0.395. The lowest BCUT2D eigenvalue weighted by atomic mass is 10.1. The van der Waals surface area contributed by atoms with Crippen molar-refractivity contribution in [3.63, 3.8) is 0 Å². The first-order valence-electron chi connectivity index (χ1n) is 7.12. The molecule has 1 heterocycles. The van der Waals surface area contributed by atoms with Crippen molar-refractivity contribution in [2.45, 2.75) is 32.7 Å². The molecule has 2 rings (SSSR count). The fraction of sp³-hybridized carbons (Fsp3) is 0.500. The smallest absolute Gasteiger partial charge is 0.250 e. The van der Waals surface area contributed by atoms with E-state index in [-0.39, 0.29) is 0 Å². The van der Waals surface area contributed by atoms with Gasteiger partial charge in [-0.25, -0.2) is 0 Å². The Balaban J connectivity index is 2.37. The number of tetrazole rings is 1. The van der Waals surface area contributed by atoms with Crippen LogP contribution in [0.25, 0.3) is 5.69 Å². The van der Waals surface area contributed by atoms with Crippen LogP contribution >= 0.6 is 0 Å². The minimum absolute atomic E-state index is 0.395. The first-order chi connectivity index (χ1) is 9.81. The number of hydrogen-bond acceptors (Lipinski definition) is 5. The third-order valence-corrected chi connectivity index (χ3v) is 3.46. The molecule has 6 nitrogen and oxygen atoms in total. The lowest BCUT2D eigenvalue weighted by Crippen LogP contribution is -2.40. The highest BCUT2D eigenvalue weighted by Gasteiger charge is 2.21. The maximum absolute atomic E-state index is 5.75. The normalized spacial score (nSPS) is 11.0. The Bertz CT molecular complexity index is 505. The zero-order valence-corrected chi connectivity index (χ0v) is 12.1. The van der Waals surface area contributed by atoms with Crippen LogP contribution in [0.5, 0.6) is 0 Å². The van der Waals surface area contributed by atoms with Crippen LogP contribution in [-0.4, -0.2) is 39.3 Å². The Morgan fingerprint density at radius 3 is 2.50 bits per heavy atom. The van der Waals surface area contributed by atoms with Gasteiger partial charge in [0.1, 0.15) is 0 Å². The Labute approximate surface area is 119 Å². The van der Waals surface area contributed by atoms with Gasteiger partial charge in [0.2, 0.25) is 0 Å². The van der Waals surface area contributed by atoms with Gasteiger partial charge in [-0.05, 0) is 35.4 Å². The van der Waals surface area contributed by atoms with Crippen molar-refractivity contribution in [3.8, 4) is 5.69 Å². The van der Waals surface area contributed by atoms with E-state index in [9.17, 15) is 0 Å². The van der Waals surface area contributed by atoms with Crippen molar-refractivity contribution in [1.29, 1.82) is 0 Å². The number of hydrogen-bond donors (Lipinski definition) is 1. The van der Waals surface area contributed by atoms with Gasteiger partial charge in [-0.3, -0.25) is 0 Å². The fourth-order valence-corrected chi connectivity index (χ4v) is 2.41. The standard InChI is InChI=1S/C14H22N6/c1-3-12(4-2)19(11-10-15)14-16-17-18-20(14)13-8-6-5-7-9-13/h5-9,12H,3-4,10-11,15H2,1-2H3. The minimum Gasteiger partial charge on any atom is -0.335 e. The van der Waals surface area contributed by atoms with Gasteiger partial charge in [-0.2, -0.15) is 4.68 Å². The summed E-state index contributed by atoms with van der Waals surface area (Å²) in [5.41, 5.74) is 6.71. The van der Waals surface area contributed by atoms with E-state index >= 15 is 0 Å². The first kappa shape index (κ1) is 14.5. The van der Waals surface area contributed by atoms with Gasteiger partial charge in [0.15, 0.2) is 0 Å². The molecule has 2 aromatic rings. The first-order valence-corrected chi connectivity index (χ1v) is 7.12. The second kappa shape index (κ2) is 7.00. The third-order valence-electron chi connectivity index (χ3n) is 3.46. The van der Waals surface area contributed by atoms with Crippen molar-refractivity contribution in [2.24, 2.45) is 5.73 Å². The SMILES string of the molecule is CCC(CC)N(CCN)c1nnnn1-c1ccccc1. The van der Waals surface area contributed by atoms with Crippen LogP contribution in [0.4, 0.5) is 5.95 Å². The molecular weight excluding hydrogens is 252 g/mol. The number of anilines is 1. The molecule has 0 aliphatic rings. The van der Waals surface area contributed by atoms with E-state index in [4.69, 9.17) is 5.73 Å². The molecule has 0 amide bonds. The van der Waals surface area contributed by atoms with Gasteiger partial charge in [-0.15, -0.1) is 0 Å². The summed E-state index contributed by atoms with van der Waals surface area (Å²) in [6, 6.07) is 10.3. The molecule has 1 aromatic carbocycles. The quantitative estimate of drug-likeness (QED) is 0.830. The Morgan fingerprint density at radius 1 is 1.20 bits per heavy atom. The highest BCUT2D eigenvalue weighted by molar-refractivity contribution is 5.41. The van der Waals surface area contributed by atoms with Gasteiger partial charge in [-0.1, -0.05) is 37.1 Å². The van der Waals surface area contributed by atoms with E-state index in [2.05, 4.69) is 34.3 Å². The fourth-order valence-electron chi connectivity index (χ4n) is 2.41. The molecule has 0 bridgehead atoms. The molecule has 0 radical (unpaired) electrons. The third kappa shape index (κ3) is 2.96. The second-order valence-electron chi connectivity index (χ2n) is 4.68. The molecule has 2 N–H and O–H groups in total. The summed E-state index contributed by atoms with van der Waals surface area (Å²) in [5, 5.41) is 12.1. The molecule has 0 atom stereocenters. The lowest BCUT2D eigenvalue weighted by molar-refractivity contribution is 0.543. The Kier molecular flexibility index (Phi) is 5.06. The van der Waals surface area contributed by atoms with Gasteiger partial charge < -0.3 is 10.6 Å². The van der Waals surface area contributed by atoms with Crippen LogP contribution < -0.4 is 10.6 Å². The molecule has 0 saturated heterocycles. The van der Waals surface area contributed by atoms with E-state index in [0.29, 0.717) is 12.6 Å². The molecule has 0 saturated carbocycles. The number of nitrogens with two attached hydrogens (primary N) is 1. The summed E-state index contributed by atoms with van der Waals surface area (Å²) in [5.74, 6) is 0.760. The van der Waals surface area contributed by atoms with E-state index in [1.807, 2.05) is 30.3 Å². The predicted molar refractivity (Wildman–Crippen MR) is 79.9 cm³/mol. The lowest BCUT2D eigenvalue weighted by Gasteiger charge is -2.30. The van der Waals surface area contributed by atoms with Crippen LogP contribution in [0.2, 0.25) is 0 Å². The molecule has 1 aromatic heterocycles. The number of benzene rings is 1. The van der Waals surface area contributed by atoms with E-state index in [1.165, 1.54) is 0 Å². The number of nitrogens with zero attached hydrogens (tertiary/aromatic N) is 5. The van der Waals surface area contributed by atoms with E-state index in [1.54, 1.807) is 4.68 Å². The number of aromatic nitrogens is 4. The van der Waals surface area contributed by atoms with E-state index in [0.717, 1.165) is 31.0 Å². The predicted octanol–water partition coefficient (Wildman–Crippen LogP) is 1.62. The zero-order chi connectivity index (χ0) is 14.4. The summed E-state index contributed by atoms with van der Waals surface area (Å²) in [6.07, 6.45) is 2.08. The van der Waals surface area contributed by atoms with Crippen molar-refractivity contribution in [2.75, 3.05) is 18.0 Å². The van der Waals surface area contributed by atoms with Crippen molar-refractivity contribution < 1.29 is 0 Å². The van der Waals surface area contributed by atoms with Crippen LogP contribution in [0.1, 0.15) is 26.7 Å². The monoisotopic (exact) mass is 274 g/mol. The molecule has 0 fully saturated rings. The molecule has 6 heteroatoms. The largest absolute Gasteiger partial charge is 0.335 e. The van der Waals surface area contributed by atoms with Gasteiger partial charge in [0, 0.05) is 19.1 Å². The van der Waals surface area contributed by atoms with Crippen molar-refractivity contribution in [3.05, 3.63) is 30.3 Å². The summed E-state index contributed by atoms with van der Waals surface area (Å²) in [6.45, 7) is 5.68. The molecule has 0 unspecified atom stereocenters. The molecule has 0 aliphatic heterocycles. The zero-order valence-electron chi connectivity index (χ0n) is 12.1. The van der Waals surface area contributed by atoms with Crippen molar-refractivity contribution >= 4 is 5.95 Å². The summed E-state index contributed by atoms with van der Waals surface area (Å²) < 4.78 is 1.77. The maximum Gasteiger partial charge on any atom is 0.250 e. The topological polar surface area (TPSA) is 72.9 Å². The molecular formula is C14H22N6. The van der Waals surface area contributed by atoms with Crippen molar-refractivity contribution in [1.82, 2.24) is 20.2 Å². The Morgan fingerprint density at radius 2 is 1.90 bits per heavy atom. The Hall–Kier alpha value is -1.95. The molecule has 108 valence electrons. The van der Waals surface area contributed by atoms with Gasteiger partial charge in [0.25, 0.3) is 5.95 Å². The van der Waals surface area contributed by atoms with Crippen LogP contribution in [0, 0.1) is 0 Å². The van der Waals surface area contributed by atoms with Gasteiger partial charge >= 0.3 is 0 Å². The molecule has 0 spiro atoms. The number of rotatable bonds is 7. The van der Waals surface area contributed by atoms with E-state index < -0.39 is 0 Å². The highest BCUT2D eigenvalue weighted by Crippen LogP contribution is 2.19. The summed E-state index contributed by atoms with van der Waals surface area (Å²) >= 11 is 0. The summed E-state index contributed by atoms with van der Waals surface area (Å²) in [7, 11) is 0. The average Bonchev–Trinajstić information content (AvgIpc) is 2.97. The molecule has 20 heavy (non-hydrogen) atoms. The van der Waals surface area contributed by atoms with Crippen LogP contribution in [0.15, 0.2) is 30.3 Å². The molecule has 0 aliphatic carbocycles. The second-order valence-corrected chi connectivity index (χ2v) is 4.68. The maximum atomic E-state index is 5.75. The van der Waals surface area contributed by atoms with Crippen LogP contribution in [0.3, 0.4) is 0 Å². The summed E-state index contributed by atoms with van der Waals surface area (Å²) in [4.78, 5) is 2.20. The average molecular weight is 274 g/mol.